The number of anilines is 2. The monoisotopic (exact) mass is 658 g/mol. The number of halogens is 2. The largest absolute Gasteiger partial charge is 0.383 e. The van der Waals surface area contributed by atoms with Crippen LogP contribution in [0.2, 0.25) is 10.0 Å². The maximum absolute atomic E-state index is 12.9. The van der Waals surface area contributed by atoms with Crippen molar-refractivity contribution in [2.24, 2.45) is 0 Å². The quantitative estimate of drug-likeness (QED) is 0.152. The van der Waals surface area contributed by atoms with E-state index >= 15 is 0 Å². The van der Waals surface area contributed by atoms with E-state index in [2.05, 4.69) is 41.0 Å². The zero-order valence-corrected chi connectivity index (χ0v) is 26.3. The van der Waals surface area contributed by atoms with Gasteiger partial charge in [-0.15, -0.1) is 0 Å². The summed E-state index contributed by atoms with van der Waals surface area (Å²) in [6.45, 7) is 6.45. The molecule has 3 amide bonds. The Morgan fingerprint density at radius 2 is 1.31 bits per heavy atom. The highest BCUT2D eigenvalue weighted by Gasteiger charge is 2.18. The lowest BCUT2D eigenvalue weighted by Gasteiger charge is -2.34. The highest BCUT2D eigenvalue weighted by molar-refractivity contribution is 6.31. The first-order valence-corrected chi connectivity index (χ1v) is 15.3. The number of amides is 3. The van der Waals surface area contributed by atoms with Gasteiger partial charge in [-0.05, 0) is 56.3 Å². The first kappa shape index (κ1) is 33.7. The van der Waals surface area contributed by atoms with Crippen molar-refractivity contribution in [1.82, 2.24) is 30.4 Å². The number of carbonyl (C=O) groups is 3. The number of hydrogen-bond acceptors (Lipinski definition) is 8. The van der Waals surface area contributed by atoms with Crippen LogP contribution in [0.5, 0.6) is 0 Å². The van der Waals surface area contributed by atoms with E-state index in [9.17, 15) is 24.0 Å². The van der Waals surface area contributed by atoms with Crippen molar-refractivity contribution in [3.8, 4) is 0 Å². The van der Waals surface area contributed by atoms with E-state index in [-0.39, 0.29) is 22.1 Å². The fraction of sp³-hybridized carbons (Fsp3) is 0.367. The number of carbonyl (C=O) groups excluding carboxylic acids is 3. The number of aromatic nitrogens is 2. The molecule has 0 saturated carbocycles. The average Bonchev–Trinajstić information content (AvgIpc) is 3.04. The van der Waals surface area contributed by atoms with E-state index in [1.54, 1.807) is 18.2 Å². The van der Waals surface area contributed by atoms with Crippen LogP contribution in [0.25, 0.3) is 0 Å². The summed E-state index contributed by atoms with van der Waals surface area (Å²) in [6, 6.07) is 7.58. The van der Waals surface area contributed by atoms with E-state index in [0.717, 1.165) is 52.1 Å². The van der Waals surface area contributed by atoms with Gasteiger partial charge in [-0.25, -0.2) is 0 Å². The number of piperazine rings is 1. The zero-order chi connectivity index (χ0) is 32.3. The maximum Gasteiger partial charge on any atom is 0.261 e. The third-order valence-electron chi connectivity index (χ3n) is 7.35. The van der Waals surface area contributed by atoms with Crippen molar-refractivity contribution in [3.63, 3.8) is 0 Å². The van der Waals surface area contributed by atoms with Gasteiger partial charge in [-0.1, -0.05) is 23.2 Å². The minimum atomic E-state index is -0.646. The first-order valence-electron chi connectivity index (χ1n) is 14.6. The molecule has 1 aliphatic rings. The second-order valence-corrected chi connectivity index (χ2v) is 11.4. The van der Waals surface area contributed by atoms with Crippen LogP contribution in [0, 0.1) is 0 Å². The number of rotatable bonds is 13. The molecule has 0 unspecified atom stereocenters. The molecule has 240 valence electrons. The molecule has 1 saturated heterocycles. The van der Waals surface area contributed by atoms with Crippen molar-refractivity contribution in [3.05, 3.63) is 90.2 Å². The predicted octanol–water partition coefficient (Wildman–Crippen LogP) is 2.22. The summed E-state index contributed by atoms with van der Waals surface area (Å²) in [7, 11) is 1.52. The standard InChI is InChI=1S/C30H36Cl2N8O5/c1-33-26(41)19-4-5-24(25(14-19)38-30(45)23-16-21(32)18-37-29(23)44)34-6-2-8-39-10-12-40(13-11-39)9-3-7-35-27(42)22-15-20(31)17-36-28(22)43/h4-5,14-18,34H,2-3,6-13H2,1H3,(H,33,41)(H,35,42)(H,36,43)(H,37,44)(H,38,45). The molecule has 2 aromatic heterocycles. The molecule has 13 nitrogen and oxygen atoms in total. The van der Waals surface area contributed by atoms with Gasteiger partial charge in [0.2, 0.25) is 0 Å². The van der Waals surface area contributed by atoms with Crippen molar-refractivity contribution >= 4 is 52.3 Å². The summed E-state index contributed by atoms with van der Waals surface area (Å²) in [5.74, 6) is -1.39. The van der Waals surface area contributed by atoms with Crippen LogP contribution < -0.4 is 32.4 Å². The maximum atomic E-state index is 12.9. The Labute approximate surface area is 269 Å². The van der Waals surface area contributed by atoms with Gasteiger partial charge in [0.1, 0.15) is 11.1 Å². The Morgan fingerprint density at radius 1 is 0.756 bits per heavy atom. The van der Waals surface area contributed by atoms with Crippen LogP contribution in [-0.2, 0) is 0 Å². The highest BCUT2D eigenvalue weighted by atomic mass is 35.5. The van der Waals surface area contributed by atoms with E-state index in [1.807, 2.05) is 0 Å². The average molecular weight is 660 g/mol. The van der Waals surface area contributed by atoms with Gasteiger partial charge in [0, 0.05) is 64.3 Å². The number of benzene rings is 1. The molecule has 3 heterocycles. The third kappa shape index (κ3) is 9.66. The van der Waals surface area contributed by atoms with Crippen LogP contribution in [-0.4, -0.2) is 96.9 Å². The van der Waals surface area contributed by atoms with Crippen molar-refractivity contribution in [2.75, 3.05) is 70.0 Å². The summed E-state index contributed by atoms with van der Waals surface area (Å²) in [6.07, 6.45) is 4.25. The first-order chi connectivity index (χ1) is 21.6. The van der Waals surface area contributed by atoms with Crippen LogP contribution in [0.3, 0.4) is 0 Å². The summed E-state index contributed by atoms with van der Waals surface area (Å²) < 4.78 is 0. The molecule has 0 spiro atoms. The molecule has 3 aromatic rings. The van der Waals surface area contributed by atoms with E-state index < -0.39 is 22.9 Å². The van der Waals surface area contributed by atoms with Gasteiger partial charge in [-0.3, -0.25) is 24.0 Å². The van der Waals surface area contributed by atoms with Crippen LogP contribution >= 0.6 is 23.2 Å². The fourth-order valence-corrected chi connectivity index (χ4v) is 5.22. The number of nitrogens with one attached hydrogen (secondary N) is 6. The summed E-state index contributed by atoms with van der Waals surface area (Å²) in [4.78, 5) is 70.9. The normalized spacial score (nSPS) is 13.7. The SMILES string of the molecule is CNC(=O)c1ccc(NCCCN2CCN(CCCNC(=O)c3cc(Cl)c[nH]c3=O)CC2)c(NC(=O)c2cc(Cl)c[nH]c2=O)c1. The topological polar surface area (TPSA) is 172 Å². The van der Waals surface area contributed by atoms with Gasteiger partial charge in [-0.2, -0.15) is 0 Å². The number of nitrogens with zero attached hydrogens (tertiary/aromatic N) is 2. The minimum absolute atomic E-state index is 0.00153. The van der Waals surface area contributed by atoms with Gasteiger partial charge >= 0.3 is 0 Å². The van der Waals surface area contributed by atoms with Crippen LogP contribution in [0.15, 0.2) is 52.3 Å². The lowest BCUT2D eigenvalue weighted by molar-refractivity contribution is 0.0943. The smallest absolute Gasteiger partial charge is 0.261 e. The van der Waals surface area contributed by atoms with Crippen molar-refractivity contribution in [2.45, 2.75) is 12.8 Å². The molecule has 15 heteroatoms. The number of pyridine rings is 2. The number of hydrogen-bond donors (Lipinski definition) is 6. The molecule has 1 fully saturated rings. The number of aromatic amines is 2. The van der Waals surface area contributed by atoms with E-state index in [1.165, 1.54) is 31.6 Å². The lowest BCUT2D eigenvalue weighted by Crippen LogP contribution is -2.47. The van der Waals surface area contributed by atoms with E-state index in [0.29, 0.717) is 35.1 Å². The Balaban J connectivity index is 1.20. The molecule has 4 rings (SSSR count). The molecule has 45 heavy (non-hydrogen) atoms. The summed E-state index contributed by atoms with van der Waals surface area (Å²) in [5, 5.41) is 11.9. The van der Waals surface area contributed by atoms with Crippen molar-refractivity contribution in [1.29, 1.82) is 0 Å². The number of H-pyrrole nitrogens is 2. The minimum Gasteiger partial charge on any atom is -0.383 e. The Hall–Kier alpha value is -4.17. The van der Waals surface area contributed by atoms with Gasteiger partial charge in [0.15, 0.2) is 0 Å². The van der Waals surface area contributed by atoms with Gasteiger partial charge in [0.05, 0.1) is 21.4 Å². The molecule has 6 N–H and O–H groups in total. The Kier molecular flexibility index (Phi) is 12.2. The second kappa shape index (κ2) is 16.2. The Bertz CT molecular complexity index is 1640. The molecule has 0 bridgehead atoms. The third-order valence-corrected chi connectivity index (χ3v) is 7.79. The highest BCUT2D eigenvalue weighted by Crippen LogP contribution is 2.24. The summed E-state index contributed by atoms with van der Waals surface area (Å²) >= 11 is 11.8. The molecular weight excluding hydrogens is 623 g/mol. The zero-order valence-electron chi connectivity index (χ0n) is 24.8. The van der Waals surface area contributed by atoms with Crippen molar-refractivity contribution < 1.29 is 14.4 Å². The van der Waals surface area contributed by atoms with Gasteiger partial charge < -0.3 is 41.0 Å². The summed E-state index contributed by atoms with van der Waals surface area (Å²) in [5.41, 5.74) is 0.151. The molecule has 0 atom stereocenters. The van der Waals surface area contributed by atoms with E-state index in [4.69, 9.17) is 23.2 Å². The molecule has 1 aliphatic heterocycles. The van der Waals surface area contributed by atoms with Crippen LogP contribution in [0.1, 0.15) is 43.9 Å². The van der Waals surface area contributed by atoms with Crippen LogP contribution in [0.4, 0.5) is 11.4 Å². The molecule has 1 aromatic carbocycles. The fourth-order valence-electron chi connectivity index (χ4n) is 4.89. The second-order valence-electron chi connectivity index (χ2n) is 10.5. The molecule has 0 aliphatic carbocycles. The lowest BCUT2D eigenvalue weighted by atomic mass is 10.1. The Morgan fingerprint density at radius 3 is 1.89 bits per heavy atom. The predicted molar refractivity (Wildman–Crippen MR) is 175 cm³/mol. The molecular formula is C30H36Cl2N8O5. The van der Waals surface area contributed by atoms with Gasteiger partial charge in [0.25, 0.3) is 28.8 Å². The molecule has 0 radical (unpaired) electrons.